The summed E-state index contributed by atoms with van der Waals surface area (Å²) in [6, 6.07) is 0.774. The number of halogens is 3. The summed E-state index contributed by atoms with van der Waals surface area (Å²) in [4.78, 5) is 6.38. The fourth-order valence-electron chi connectivity index (χ4n) is 0.499. The first-order valence-electron chi connectivity index (χ1n) is 2.57. The molecule has 1 rings (SSSR count). The van der Waals surface area contributed by atoms with Gasteiger partial charge in [-0.15, -0.1) is 0 Å². The summed E-state index contributed by atoms with van der Waals surface area (Å²) in [5.41, 5.74) is -1.00. The Morgan fingerprint density at radius 1 is 1.36 bits per heavy atom. The van der Waals surface area contributed by atoms with E-state index in [1.807, 2.05) is 0 Å². The van der Waals surface area contributed by atoms with Gasteiger partial charge in [0.05, 0.1) is 0 Å². The van der Waals surface area contributed by atoms with Gasteiger partial charge < -0.3 is 12.6 Å². The van der Waals surface area contributed by atoms with Crippen molar-refractivity contribution in [2.24, 2.45) is 0 Å². The second kappa shape index (κ2) is 2.61. The third-order valence-electron chi connectivity index (χ3n) is 0.924. The monoisotopic (exact) mass is 179 g/mol. The number of nitrogens with zero attached hydrogens (tertiary/aromatic N) is 2. The van der Waals surface area contributed by atoms with Crippen LogP contribution in [0.1, 0.15) is 5.69 Å². The average molecular weight is 179 g/mol. The molecule has 0 atom stereocenters. The topological polar surface area (TPSA) is 25.8 Å². The predicted molar refractivity (Wildman–Crippen MR) is 32.7 cm³/mol. The molecule has 0 bridgehead atoms. The summed E-state index contributed by atoms with van der Waals surface area (Å²) in [7, 11) is 0. The summed E-state index contributed by atoms with van der Waals surface area (Å²) in [5.74, 6) is 0. The van der Waals surface area contributed by atoms with Crippen LogP contribution in [0.4, 0.5) is 13.2 Å². The molecule has 6 heteroatoms. The van der Waals surface area contributed by atoms with Gasteiger partial charge >= 0.3 is 6.18 Å². The molecule has 0 aliphatic carbocycles. The Kier molecular flexibility index (Phi) is 1.95. The first-order valence-corrected chi connectivity index (χ1v) is 2.98. The third-order valence-corrected chi connectivity index (χ3v) is 1.12. The van der Waals surface area contributed by atoms with E-state index in [2.05, 4.69) is 22.6 Å². The molecule has 1 heterocycles. The fourth-order valence-corrected chi connectivity index (χ4v) is 0.658. The summed E-state index contributed by atoms with van der Waals surface area (Å²) < 4.78 is 35.5. The summed E-state index contributed by atoms with van der Waals surface area (Å²) in [5, 5.41) is -0.292. The second-order valence-electron chi connectivity index (χ2n) is 1.72. The van der Waals surface area contributed by atoms with E-state index in [1.165, 1.54) is 0 Å². The van der Waals surface area contributed by atoms with Crippen molar-refractivity contribution in [3.63, 3.8) is 0 Å². The molecular weight excluding hydrogens is 177 g/mol. The van der Waals surface area contributed by atoms with Gasteiger partial charge in [-0.1, -0.05) is 0 Å². The van der Waals surface area contributed by atoms with E-state index in [0.717, 1.165) is 12.3 Å². The van der Waals surface area contributed by atoms with Gasteiger partial charge in [0.1, 0.15) is 5.69 Å². The Bertz CT molecular complexity index is 260. The summed E-state index contributed by atoms with van der Waals surface area (Å²) in [6.45, 7) is 0. The van der Waals surface area contributed by atoms with Crippen LogP contribution in [0.3, 0.4) is 0 Å². The maximum Gasteiger partial charge on any atom is 0.433 e. The van der Waals surface area contributed by atoms with Gasteiger partial charge in [-0.2, -0.15) is 13.2 Å². The molecule has 0 N–H and O–H groups in total. The van der Waals surface area contributed by atoms with Crippen molar-refractivity contribution < 1.29 is 13.2 Å². The van der Waals surface area contributed by atoms with Gasteiger partial charge in [0.15, 0.2) is 0 Å². The minimum Gasteiger partial charge on any atom is -0.740 e. The van der Waals surface area contributed by atoms with Crippen molar-refractivity contribution in [2.75, 3.05) is 0 Å². The molecule has 0 fully saturated rings. The molecule has 11 heavy (non-hydrogen) atoms. The third kappa shape index (κ3) is 2.01. The predicted octanol–water partition coefficient (Wildman–Crippen LogP) is 1.40. The number of hydrogen-bond donors (Lipinski definition) is 0. The van der Waals surface area contributed by atoms with E-state index in [4.69, 9.17) is 0 Å². The van der Waals surface area contributed by atoms with Gasteiger partial charge in [-0.25, -0.2) is 0 Å². The average Bonchev–Trinajstić information content (AvgIpc) is 1.86. The lowest BCUT2D eigenvalue weighted by molar-refractivity contribution is -0.141. The van der Waals surface area contributed by atoms with Crippen LogP contribution >= 0.6 is 0 Å². The highest BCUT2D eigenvalue weighted by atomic mass is 32.1. The van der Waals surface area contributed by atoms with Crippen LogP contribution in [0.2, 0.25) is 0 Å². The maximum atomic E-state index is 11.8. The molecule has 0 aliphatic rings. The molecular formula is C5H2F3N2S-. The molecule has 0 radical (unpaired) electrons. The minimum absolute atomic E-state index is 0.292. The Morgan fingerprint density at radius 3 is 2.36 bits per heavy atom. The van der Waals surface area contributed by atoms with Crippen molar-refractivity contribution in [3.8, 4) is 0 Å². The van der Waals surface area contributed by atoms with Gasteiger partial charge in [-0.05, 0) is 6.07 Å². The SMILES string of the molecule is FC(F)(F)c1ccnc([S-])n1. The van der Waals surface area contributed by atoms with Crippen LogP contribution in [0.15, 0.2) is 17.4 Å². The Morgan fingerprint density at radius 2 is 2.00 bits per heavy atom. The van der Waals surface area contributed by atoms with E-state index in [1.54, 1.807) is 0 Å². The molecule has 1 aromatic rings. The number of hydrogen-bond acceptors (Lipinski definition) is 3. The van der Waals surface area contributed by atoms with Crippen LogP contribution < -0.4 is 0 Å². The highest BCUT2D eigenvalue weighted by Crippen LogP contribution is 2.26. The number of rotatable bonds is 0. The number of alkyl halides is 3. The van der Waals surface area contributed by atoms with E-state index in [9.17, 15) is 13.2 Å². The molecule has 0 saturated heterocycles. The molecule has 1 aromatic heterocycles. The standard InChI is InChI=1S/C5H3F3N2S/c6-5(7,8)3-1-2-9-4(11)10-3/h1-2H,(H,9,10,11)/p-1. The summed E-state index contributed by atoms with van der Waals surface area (Å²) in [6.07, 6.45) is -3.45. The van der Waals surface area contributed by atoms with Crippen molar-refractivity contribution in [3.05, 3.63) is 18.0 Å². The Hall–Kier alpha value is -0.910. The molecule has 0 aromatic carbocycles. The second-order valence-corrected chi connectivity index (χ2v) is 2.09. The van der Waals surface area contributed by atoms with Crippen LogP contribution in [-0.4, -0.2) is 9.97 Å². The lowest BCUT2D eigenvalue weighted by Crippen LogP contribution is -2.08. The molecule has 0 amide bonds. The van der Waals surface area contributed by atoms with Crippen LogP contribution in [-0.2, 0) is 18.8 Å². The zero-order valence-corrected chi connectivity index (χ0v) is 5.91. The summed E-state index contributed by atoms with van der Waals surface area (Å²) >= 11 is 4.35. The lowest BCUT2D eigenvalue weighted by atomic mass is 10.4. The maximum absolute atomic E-state index is 11.8. The first kappa shape index (κ1) is 8.19. The first-order chi connectivity index (χ1) is 5.00. The van der Waals surface area contributed by atoms with Crippen molar-refractivity contribution in [1.29, 1.82) is 0 Å². The smallest absolute Gasteiger partial charge is 0.433 e. The van der Waals surface area contributed by atoms with Crippen molar-refractivity contribution in [2.45, 2.75) is 11.3 Å². The Labute approximate surface area is 65.9 Å². The molecule has 60 valence electrons. The van der Waals surface area contributed by atoms with E-state index >= 15 is 0 Å². The molecule has 0 unspecified atom stereocenters. The molecule has 0 saturated carbocycles. The van der Waals surface area contributed by atoms with E-state index < -0.39 is 11.9 Å². The normalized spacial score (nSPS) is 11.5. The zero-order chi connectivity index (χ0) is 8.48. The minimum atomic E-state index is -4.43. The van der Waals surface area contributed by atoms with Crippen molar-refractivity contribution >= 4 is 12.6 Å². The zero-order valence-electron chi connectivity index (χ0n) is 5.09. The highest BCUT2D eigenvalue weighted by Gasteiger charge is 2.31. The molecule has 2 nitrogen and oxygen atoms in total. The lowest BCUT2D eigenvalue weighted by Gasteiger charge is -2.08. The highest BCUT2D eigenvalue weighted by molar-refractivity contribution is 7.58. The number of aromatic nitrogens is 2. The van der Waals surface area contributed by atoms with E-state index in [-0.39, 0.29) is 5.16 Å². The van der Waals surface area contributed by atoms with Crippen molar-refractivity contribution in [1.82, 2.24) is 9.97 Å². The van der Waals surface area contributed by atoms with Crippen LogP contribution in [0, 0.1) is 0 Å². The fraction of sp³-hybridized carbons (Fsp3) is 0.200. The largest absolute Gasteiger partial charge is 0.740 e. The van der Waals surface area contributed by atoms with Gasteiger partial charge in [0.2, 0.25) is 0 Å². The van der Waals surface area contributed by atoms with Crippen LogP contribution in [0.5, 0.6) is 0 Å². The molecule has 0 aliphatic heterocycles. The van der Waals surface area contributed by atoms with Crippen LogP contribution in [0.25, 0.3) is 0 Å². The van der Waals surface area contributed by atoms with Gasteiger partial charge in [0, 0.05) is 11.4 Å². The van der Waals surface area contributed by atoms with Gasteiger partial charge in [-0.3, -0.25) is 9.97 Å². The molecule has 0 spiro atoms. The quantitative estimate of drug-likeness (QED) is 0.444. The van der Waals surface area contributed by atoms with Gasteiger partial charge in [0.25, 0.3) is 0 Å². The Balaban J connectivity index is 3.06. The van der Waals surface area contributed by atoms with E-state index in [0.29, 0.717) is 0 Å².